The fourth-order valence-electron chi connectivity index (χ4n) is 2.07. The van der Waals surface area contributed by atoms with E-state index in [1.165, 1.54) is 0 Å². The zero-order valence-electron chi connectivity index (χ0n) is 13.1. The van der Waals surface area contributed by atoms with Crippen molar-refractivity contribution in [3.8, 4) is 0 Å². The zero-order chi connectivity index (χ0) is 17.5. The number of carbonyl (C=O) groups is 1. The molecule has 0 amide bonds. The van der Waals surface area contributed by atoms with Crippen LogP contribution in [0.5, 0.6) is 0 Å². The molecule has 0 aliphatic heterocycles. The maximum Gasteiger partial charge on any atom is 0.349 e. The van der Waals surface area contributed by atoms with Gasteiger partial charge >= 0.3 is 5.97 Å². The minimum atomic E-state index is -1.20. The summed E-state index contributed by atoms with van der Waals surface area (Å²) in [6.07, 6.45) is 2.14. The molecule has 1 atom stereocenters. The van der Waals surface area contributed by atoms with Gasteiger partial charge in [0.05, 0.1) is 0 Å². The van der Waals surface area contributed by atoms with E-state index in [0.29, 0.717) is 29.8 Å². The molecule has 1 heterocycles. The first-order valence-corrected chi connectivity index (χ1v) is 7.78. The van der Waals surface area contributed by atoms with Crippen LogP contribution in [-0.4, -0.2) is 33.3 Å². The lowest BCUT2D eigenvalue weighted by Gasteiger charge is -2.15. The average Bonchev–Trinajstić information content (AvgIpc) is 2.55. The molecule has 0 bridgehead atoms. The fraction of sp³-hybridized carbons (Fsp3) is 0.250. The van der Waals surface area contributed by atoms with Crippen LogP contribution in [0.3, 0.4) is 0 Å². The number of nitrogens with one attached hydrogen (secondary N) is 3. The van der Waals surface area contributed by atoms with Crippen LogP contribution in [0.15, 0.2) is 36.5 Å². The summed E-state index contributed by atoms with van der Waals surface area (Å²) in [6, 6.07) is 8.87. The fourth-order valence-corrected chi connectivity index (χ4v) is 2.26. The van der Waals surface area contributed by atoms with Crippen molar-refractivity contribution in [2.45, 2.75) is 13.3 Å². The van der Waals surface area contributed by atoms with Crippen molar-refractivity contribution in [3.05, 3.63) is 41.6 Å². The molecule has 0 saturated heterocycles. The first-order chi connectivity index (χ1) is 11.5. The maximum absolute atomic E-state index is 10.9. The number of aliphatic carboxylic acids is 1. The Bertz CT molecular complexity index is 738. The molecular formula is C16H18ClN5O2. The van der Waals surface area contributed by atoms with Gasteiger partial charge < -0.3 is 15.7 Å². The number of rotatable bonds is 8. The highest BCUT2D eigenvalue weighted by molar-refractivity contribution is 6.35. The van der Waals surface area contributed by atoms with E-state index >= 15 is 0 Å². The number of nitrogens with zero attached hydrogens (tertiary/aromatic N) is 2. The standard InChI is InChI=1S/C16H18ClN5O2/c1-2-10(14(18)15(23)24)9-20-13-6-7-19-16(22-13)21-12-5-3-4-11(17)8-12/h3-8,10,18H,2,9H2,1H3,(H,23,24)(H2,19,20,21,22)/t10-/m0/s1. The lowest BCUT2D eigenvalue weighted by atomic mass is 10.0. The minimum absolute atomic E-state index is 0.309. The molecule has 0 aliphatic carbocycles. The van der Waals surface area contributed by atoms with Gasteiger partial charge in [0.2, 0.25) is 5.95 Å². The number of hydrogen-bond acceptors (Lipinski definition) is 6. The van der Waals surface area contributed by atoms with Crippen LogP contribution in [-0.2, 0) is 4.79 Å². The number of carboxylic acids is 1. The molecule has 0 aliphatic rings. The quantitative estimate of drug-likeness (QED) is 0.544. The molecule has 0 saturated carbocycles. The summed E-state index contributed by atoms with van der Waals surface area (Å²) in [5, 5.41) is 23.2. The topological polar surface area (TPSA) is 111 Å². The predicted octanol–water partition coefficient (Wildman–Crippen LogP) is 3.42. The van der Waals surface area contributed by atoms with E-state index in [9.17, 15) is 4.79 Å². The van der Waals surface area contributed by atoms with Gasteiger partial charge in [0.15, 0.2) is 0 Å². The Hall–Kier alpha value is -2.67. The third-order valence-electron chi connectivity index (χ3n) is 3.40. The zero-order valence-corrected chi connectivity index (χ0v) is 13.8. The molecule has 2 aromatic rings. The number of aromatic nitrogens is 2. The number of hydrogen-bond donors (Lipinski definition) is 4. The monoisotopic (exact) mass is 347 g/mol. The number of halogens is 1. The first-order valence-electron chi connectivity index (χ1n) is 7.40. The van der Waals surface area contributed by atoms with Gasteiger partial charge in [-0.3, -0.25) is 5.41 Å². The van der Waals surface area contributed by atoms with Gasteiger partial charge in [-0.05, 0) is 30.7 Å². The van der Waals surface area contributed by atoms with Gasteiger partial charge in [0.1, 0.15) is 11.5 Å². The molecule has 1 aromatic heterocycles. The summed E-state index contributed by atoms with van der Waals surface area (Å²) in [4.78, 5) is 19.3. The van der Waals surface area contributed by atoms with E-state index in [2.05, 4.69) is 20.6 Å². The number of anilines is 3. The van der Waals surface area contributed by atoms with Crippen molar-refractivity contribution in [2.24, 2.45) is 5.92 Å². The third-order valence-corrected chi connectivity index (χ3v) is 3.63. The molecule has 126 valence electrons. The van der Waals surface area contributed by atoms with Gasteiger partial charge in [-0.2, -0.15) is 4.98 Å². The van der Waals surface area contributed by atoms with Gasteiger partial charge in [-0.1, -0.05) is 24.6 Å². The van der Waals surface area contributed by atoms with Crippen LogP contribution in [0.4, 0.5) is 17.5 Å². The van der Waals surface area contributed by atoms with Gasteiger partial charge in [0, 0.05) is 29.4 Å². The maximum atomic E-state index is 10.9. The van der Waals surface area contributed by atoms with E-state index in [1.807, 2.05) is 19.1 Å². The van der Waals surface area contributed by atoms with Crippen LogP contribution in [0, 0.1) is 11.3 Å². The van der Waals surface area contributed by atoms with E-state index in [4.69, 9.17) is 22.1 Å². The Kier molecular flexibility index (Phi) is 6.08. The first kappa shape index (κ1) is 17.7. The highest BCUT2D eigenvalue weighted by Gasteiger charge is 2.18. The Balaban J connectivity index is 2.02. The van der Waals surface area contributed by atoms with Gasteiger partial charge in [-0.15, -0.1) is 0 Å². The molecule has 0 unspecified atom stereocenters. The van der Waals surface area contributed by atoms with Crippen LogP contribution < -0.4 is 10.6 Å². The molecule has 0 fully saturated rings. The summed E-state index contributed by atoms with van der Waals surface area (Å²) in [5.41, 5.74) is 0.454. The Morgan fingerprint density at radius 3 is 2.88 bits per heavy atom. The van der Waals surface area contributed by atoms with E-state index in [1.54, 1.807) is 24.4 Å². The van der Waals surface area contributed by atoms with Gasteiger partial charge in [-0.25, -0.2) is 9.78 Å². The summed E-state index contributed by atoms with van der Waals surface area (Å²) >= 11 is 5.94. The second-order valence-electron chi connectivity index (χ2n) is 5.11. The van der Waals surface area contributed by atoms with Crippen LogP contribution in [0.25, 0.3) is 0 Å². The predicted molar refractivity (Wildman–Crippen MR) is 94.4 cm³/mol. The van der Waals surface area contributed by atoms with Crippen molar-refractivity contribution in [3.63, 3.8) is 0 Å². The Morgan fingerprint density at radius 1 is 1.42 bits per heavy atom. The minimum Gasteiger partial charge on any atom is -0.477 e. The van der Waals surface area contributed by atoms with E-state index in [0.717, 1.165) is 5.69 Å². The molecule has 8 heteroatoms. The summed E-state index contributed by atoms with van der Waals surface area (Å²) in [7, 11) is 0. The Morgan fingerprint density at radius 2 is 2.21 bits per heavy atom. The van der Waals surface area contributed by atoms with Crippen molar-refractivity contribution in [1.82, 2.24) is 9.97 Å². The smallest absolute Gasteiger partial charge is 0.349 e. The second-order valence-corrected chi connectivity index (χ2v) is 5.54. The van der Waals surface area contributed by atoms with Crippen molar-refractivity contribution in [1.29, 1.82) is 5.41 Å². The molecular weight excluding hydrogens is 330 g/mol. The summed E-state index contributed by atoms with van der Waals surface area (Å²) in [6.45, 7) is 2.16. The molecule has 4 N–H and O–H groups in total. The molecule has 1 aromatic carbocycles. The second kappa shape index (κ2) is 8.26. The lowest BCUT2D eigenvalue weighted by molar-refractivity contribution is -0.129. The lowest BCUT2D eigenvalue weighted by Crippen LogP contribution is -2.28. The SMILES string of the molecule is CC[C@@H](CNc1ccnc(Nc2cccc(Cl)c2)n1)C(=N)C(=O)O. The molecule has 24 heavy (non-hydrogen) atoms. The van der Waals surface area contributed by atoms with E-state index < -0.39 is 5.97 Å². The van der Waals surface area contributed by atoms with Crippen LogP contribution in [0.2, 0.25) is 5.02 Å². The highest BCUT2D eigenvalue weighted by atomic mass is 35.5. The normalized spacial score (nSPS) is 11.6. The van der Waals surface area contributed by atoms with Crippen LogP contribution in [0.1, 0.15) is 13.3 Å². The van der Waals surface area contributed by atoms with Gasteiger partial charge in [0.25, 0.3) is 0 Å². The summed E-state index contributed by atoms with van der Waals surface area (Å²) in [5.74, 6) is -0.647. The number of benzene rings is 1. The molecule has 0 radical (unpaired) electrons. The van der Waals surface area contributed by atoms with Crippen LogP contribution >= 0.6 is 11.6 Å². The molecule has 0 spiro atoms. The van der Waals surface area contributed by atoms with Crippen molar-refractivity contribution in [2.75, 3.05) is 17.2 Å². The van der Waals surface area contributed by atoms with E-state index in [-0.39, 0.29) is 11.6 Å². The largest absolute Gasteiger partial charge is 0.477 e. The Labute approximate surface area is 144 Å². The third kappa shape index (κ3) is 4.92. The highest BCUT2D eigenvalue weighted by Crippen LogP contribution is 2.18. The van der Waals surface area contributed by atoms with Crippen molar-refractivity contribution >= 4 is 40.7 Å². The molecule has 2 rings (SSSR count). The number of carboxylic acid groups (broad SMARTS) is 1. The summed E-state index contributed by atoms with van der Waals surface area (Å²) < 4.78 is 0. The average molecular weight is 348 g/mol. The molecule has 7 nitrogen and oxygen atoms in total. The van der Waals surface area contributed by atoms with Crippen molar-refractivity contribution < 1.29 is 9.90 Å².